The van der Waals surface area contributed by atoms with Gasteiger partial charge in [-0.05, 0) is 37.3 Å². The van der Waals surface area contributed by atoms with E-state index >= 15 is 0 Å². The number of benzene rings is 2. The molecule has 0 radical (unpaired) electrons. The number of halogens is 4. The zero-order valence-corrected chi connectivity index (χ0v) is 13.6. The van der Waals surface area contributed by atoms with Crippen molar-refractivity contribution in [2.75, 3.05) is 11.9 Å². The molecule has 9 heteroatoms. The summed E-state index contributed by atoms with van der Waals surface area (Å²) < 4.78 is 60.7. The number of ether oxygens (including phenoxy) is 2. The van der Waals surface area contributed by atoms with Crippen LogP contribution in [0.25, 0.3) is 0 Å². The number of hydrogen-bond acceptors (Lipinski definition) is 3. The van der Waals surface area contributed by atoms with Crippen molar-refractivity contribution >= 4 is 11.6 Å². The minimum atomic E-state index is -3.72. The van der Waals surface area contributed by atoms with Gasteiger partial charge in [-0.15, -0.1) is 8.78 Å². The largest absolute Gasteiger partial charge is 0.586 e. The van der Waals surface area contributed by atoms with Crippen LogP contribution in [-0.2, 0) is 4.79 Å². The molecule has 2 aromatic rings. The van der Waals surface area contributed by atoms with Crippen molar-refractivity contribution in [1.82, 2.24) is 0 Å². The zero-order chi connectivity index (χ0) is 18.9. The lowest BCUT2D eigenvalue weighted by Gasteiger charge is -2.11. The number of quaternary nitrogens is 1. The summed E-state index contributed by atoms with van der Waals surface area (Å²) in [6.07, 6.45) is -3.72. The Morgan fingerprint density at radius 3 is 2.58 bits per heavy atom. The summed E-state index contributed by atoms with van der Waals surface area (Å²) in [6, 6.07) is 7.15. The van der Waals surface area contributed by atoms with Crippen LogP contribution < -0.4 is 20.1 Å². The lowest BCUT2D eigenvalue weighted by atomic mass is 10.1. The Balaban J connectivity index is 1.55. The van der Waals surface area contributed by atoms with Crippen molar-refractivity contribution in [3.8, 4) is 11.5 Å². The average molecular weight is 371 g/mol. The zero-order valence-electron chi connectivity index (χ0n) is 13.6. The Morgan fingerprint density at radius 1 is 1.12 bits per heavy atom. The van der Waals surface area contributed by atoms with E-state index in [1.165, 1.54) is 24.3 Å². The molecule has 1 atom stereocenters. The van der Waals surface area contributed by atoms with E-state index in [4.69, 9.17) is 0 Å². The molecule has 3 rings (SSSR count). The molecule has 0 bridgehead atoms. The Hall–Kier alpha value is -2.81. The van der Waals surface area contributed by atoms with Gasteiger partial charge in [-0.3, -0.25) is 4.79 Å². The Bertz CT molecular complexity index is 845. The maximum atomic E-state index is 13.2. The monoisotopic (exact) mass is 371 g/mol. The fourth-order valence-corrected chi connectivity index (χ4v) is 2.45. The molecule has 1 aliphatic rings. The molecule has 0 spiro atoms. The predicted octanol–water partition coefficient (Wildman–Crippen LogP) is 2.55. The van der Waals surface area contributed by atoms with Crippen LogP contribution in [0.1, 0.15) is 18.5 Å². The highest BCUT2D eigenvalue weighted by Crippen LogP contribution is 2.42. The lowest BCUT2D eigenvalue weighted by molar-refractivity contribution is -0.682. The quantitative estimate of drug-likeness (QED) is 0.794. The molecule has 2 aromatic carbocycles. The van der Waals surface area contributed by atoms with E-state index in [9.17, 15) is 22.4 Å². The van der Waals surface area contributed by atoms with Crippen LogP contribution in [0, 0.1) is 11.6 Å². The summed E-state index contributed by atoms with van der Waals surface area (Å²) in [6.45, 7) is 1.73. The highest BCUT2D eigenvalue weighted by Gasteiger charge is 2.43. The van der Waals surface area contributed by atoms with Crippen LogP contribution >= 0.6 is 0 Å². The van der Waals surface area contributed by atoms with E-state index in [0.29, 0.717) is 5.56 Å². The number of alkyl halides is 2. The molecule has 1 heterocycles. The number of rotatable bonds is 5. The topological polar surface area (TPSA) is 64.2 Å². The second-order valence-corrected chi connectivity index (χ2v) is 5.78. The van der Waals surface area contributed by atoms with Crippen molar-refractivity contribution in [1.29, 1.82) is 0 Å². The van der Waals surface area contributed by atoms with Crippen LogP contribution in [0.15, 0.2) is 36.4 Å². The Kier molecular flexibility index (Phi) is 4.73. The Morgan fingerprint density at radius 2 is 1.85 bits per heavy atom. The predicted molar refractivity (Wildman–Crippen MR) is 82.8 cm³/mol. The van der Waals surface area contributed by atoms with Crippen molar-refractivity contribution in [3.05, 3.63) is 53.6 Å². The van der Waals surface area contributed by atoms with Gasteiger partial charge in [0, 0.05) is 17.3 Å². The summed E-state index contributed by atoms with van der Waals surface area (Å²) in [5.41, 5.74) is 0.797. The van der Waals surface area contributed by atoms with Gasteiger partial charge >= 0.3 is 6.29 Å². The summed E-state index contributed by atoms with van der Waals surface area (Å²) in [5, 5.41) is 4.17. The number of nitrogens with one attached hydrogen (secondary N) is 1. The highest BCUT2D eigenvalue weighted by atomic mass is 19.3. The van der Waals surface area contributed by atoms with E-state index in [-0.39, 0.29) is 29.8 Å². The van der Waals surface area contributed by atoms with E-state index in [1.54, 1.807) is 12.2 Å². The standard InChI is InChI=1S/C17H14F4N2O3/c1-9(10-2-4-12(18)13(19)6-10)22-8-16(24)23-11-3-5-14-15(7-11)26-17(20,21)25-14/h2-7,9,22H,8H2,1H3,(H,23,24)/p+1/t9-/m1/s1. The van der Waals surface area contributed by atoms with Crippen molar-refractivity contribution in [2.24, 2.45) is 0 Å². The maximum Gasteiger partial charge on any atom is 0.586 e. The van der Waals surface area contributed by atoms with Crippen LogP contribution in [0.3, 0.4) is 0 Å². The number of anilines is 1. The van der Waals surface area contributed by atoms with Gasteiger partial charge < -0.3 is 20.1 Å². The first-order chi connectivity index (χ1) is 12.2. The number of carbonyl (C=O) groups excluding carboxylic acids is 1. The molecular weight excluding hydrogens is 356 g/mol. The van der Waals surface area contributed by atoms with Gasteiger partial charge in [0.05, 0.1) is 0 Å². The second kappa shape index (κ2) is 6.83. The smallest absolute Gasteiger partial charge is 0.395 e. The lowest BCUT2D eigenvalue weighted by Crippen LogP contribution is -2.86. The SMILES string of the molecule is C[C@@H]([NH2+]CC(=O)Nc1ccc2c(c1)OC(F)(F)O2)c1ccc(F)c(F)c1. The molecule has 3 N–H and O–H groups in total. The van der Waals surface area contributed by atoms with Gasteiger partial charge in [0.15, 0.2) is 29.7 Å². The molecular formula is C17H15F4N2O3+. The summed E-state index contributed by atoms with van der Waals surface area (Å²) in [7, 11) is 0. The third kappa shape index (κ3) is 4.05. The number of hydrogen-bond donors (Lipinski definition) is 2. The molecule has 0 aliphatic carbocycles. The summed E-state index contributed by atoms with van der Waals surface area (Å²) >= 11 is 0. The van der Waals surface area contributed by atoms with E-state index in [0.717, 1.165) is 12.1 Å². The second-order valence-electron chi connectivity index (χ2n) is 5.78. The molecule has 0 saturated carbocycles. The van der Waals surface area contributed by atoms with E-state index < -0.39 is 23.8 Å². The Labute approximate surface area is 145 Å². The number of amides is 1. The van der Waals surface area contributed by atoms with Crippen LogP contribution in [-0.4, -0.2) is 18.7 Å². The first-order valence-corrected chi connectivity index (χ1v) is 7.71. The third-order valence-electron chi connectivity index (χ3n) is 3.81. The normalized spacial score (nSPS) is 15.6. The number of carbonyl (C=O) groups is 1. The number of nitrogens with two attached hydrogens (primary N) is 1. The summed E-state index contributed by atoms with van der Waals surface area (Å²) in [4.78, 5) is 12.0. The van der Waals surface area contributed by atoms with Gasteiger partial charge in [-0.2, -0.15) is 0 Å². The van der Waals surface area contributed by atoms with Crippen LogP contribution in [0.5, 0.6) is 11.5 Å². The van der Waals surface area contributed by atoms with Gasteiger partial charge in [0.2, 0.25) is 0 Å². The molecule has 1 amide bonds. The molecule has 138 valence electrons. The average Bonchev–Trinajstić information content (AvgIpc) is 2.88. The van der Waals surface area contributed by atoms with E-state index in [1.807, 2.05) is 0 Å². The van der Waals surface area contributed by atoms with Gasteiger partial charge in [-0.25, -0.2) is 8.78 Å². The molecule has 26 heavy (non-hydrogen) atoms. The molecule has 0 unspecified atom stereocenters. The minimum absolute atomic E-state index is 0.00916. The van der Waals surface area contributed by atoms with E-state index in [2.05, 4.69) is 14.8 Å². The van der Waals surface area contributed by atoms with Crippen LogP contribution in [0.2, 0.25) is 0 Å². The van der Waals surface area contributed by atoms with Crippen LogP contribution in [0.4, 0.5) is 23.2 Å². The minimum Gasteiger partial charge on any atom is -0.395 e. The first-order valence-electron chi connectivity index (χ1n) is 7.71. The fourth-order valence-electron chi connectivity index (χ4n) is 2.45. The van der Waals surface area contributed by atoms with Gasteiger partial charge in [-0.1, -0.05) is 0 Å². The molecule has 0 fully saturated rings. The van der Waals surface area contributed by atoms with Crippen molar-refractivity contribution in [2.45, 2.75) is 19.3 Å². The van der Waals surface area contributed by atoms with Crippen molar-refractivity contribution < 1.29 is 37.1 Å². The summed E-state index contributed by atoms with van der Waals surface area (Å²) in [5.74, 6) is -2.58. The number of fused-ring (bicyclic) bond motifs is 1. The maximum absolute atomic E-state index is 13.2. The van der Waals surface area contributed by atoms with Gasteiger partial charge in [0.1, 0.15) is 6.04 Å². The molecule has 0 saturated heterocycles. The van der Waals surface area contributed by atoms with Gasteiger partial charge in [0.25, 0.3) is 5.91 Å². The molecule has 1 aliphatic heterocycles. The third-order valence-corrected chi connectivity index (χ3v) is 3.81. The fraction of sp³-hybridized carbons (Fsp3) is 0.235. The highest BCUT2D eigenvalue weighted by molar-refractivity contribution is 5.91. The molecule has 5 nitrogen and oxygen atoms in total. The van der Waals surface area contributed by atoms with Crippen molar-refractivity contribution in [3.63, 3.8) is 0 Å². The molecule has 0 aromatic heterocycles. The first kappa shape index (κ1) is 18.0.